The van der Waals surface area contributed by atoms with Gasteiger partial charge in [0.15, 0.2) is 11.8 Å². The molecular formula is C11H17Cl3NO3+. The van der Waals surface area contributed by atoms with Gasteiger partial charge in [0, 0.05) is 0 Å². The van der Waals surface area contributed by atoms with E-state index in [-0.39, 0.29) is 17.1 Å². The summed E-state index contributed by atoms with van der Waals surface area (Å²) in [6.07, 6.45) is 0. The van der Waals surface area contributed by atoms with Gasteiger partial charge < -0.3 is 14.7 Å². The number of nitrogens with one attached hydrogen (secondary N) is 1. The third kappa shape index (κ3) is 4.00. The fourth-order valence-corrected chi connectivity index (χ4v) is 2.98. The smallest absolute Gasteiger partial charge is 0.246 e. The molecule has 0 saturated carbocycles. The van der Waals surface area contributed by atoms with Crippen LogP contribution >= 0.6 is 34.8 Å². The zero-order valence-electron chi connectivity index (χ0n) is 10.3. The van der Waals surface area contributed by atoms with Crippen molar-refractivity contribution < 1.29 is 19.5 Å². The summed E-state index contributed by atoms with van der Waals surface area (Å²) in [5, 5.41) is 9.69. The lowest BCUT2D eigenvalue weighted by Crippen LogP contribution is -3.19. The highest BCUT2D eigenvalue weighted by atomic mass is 35.6. The molecule has 2 N–H and O–H groups in total. The van der Waals surface area contributed by atoms with Crippen LogP contribution in [-0.2, 0) is 9.53 Å². The largest absolute Gasteiger partial charge is 0.512 e. The first-order valence-corrected chi connectivity index (χ1v) is 6.78. The minimum Gasteiger partial charge on any atom is -0.512 e. The molecule has 0 aromatic rings. The summed E-state index contributed by atoms with van der Waals surface area (Å²) < 4.78 is 3.59. The number of halogens is 3. The number of Topliss-reactive ketones (excluding diaryl/α,β-unsaturated/α-hetero) is 1. The van der Waals surface area contributed by atoms with Crippen molar-refractivity contribution in [3.8, 4) is 0 Å². The quantitative estimate of drug-likeness (QED) is 0.465. The summed E-state index contributed by atoms with van der Waals surface area (Å²) >= 11 is 18.0. The summed E-state index contributed by atoms with van der Waals surface area (Å²) in [6.45, 7) is 5.13. The summed E-state index contributed by atoms with van der Waals surface area (Å²) in [5.41, 5.74) is 0.173. The van der Waals surface area contributed by atoms with Crippen molar-refractivity contribution in [2.75, 3.05) is 26.3 Å². The predicted octanol–water partition coefficient (Wildman–Crippen LogP) is 1.06. The van der Waals surface area contributed by atoms with E-state index in [2.05, 4.69) is 0 Å². The molecule has 0 aromatic heterocycles. The predicted molar refractivity (Wildman–Crippen MR) is 71.6 cm³/mol. The second-order valence-corrected chi connectivity index (χ2v) is 6.67. The second-order valence-electron chi connectivity index (χ2n) is 4.30. The highest BCUT2D eigenvalue weighted by molar-refractivity contribution is 6.68. The average Bonchev–Trinajstić information content (AvgIpc) is 2.24. The molecule has 104 valence electrons. The van der Waals surface area contributed by atoms with Crippen molar-refractivity contribution >= 4 is 40.6 Å². The van der Waals surface area contributed by atoms with Crippen molar-refractivity contribution in [3.63, 3.8) is 0 Å². The molecule has 0 unspecified atom stereocenters. The molecule has 4 nitrogen and oxygen atoms in total. The molecule has 0 amide bonds. The van der Waals surface area contributed by atoms with Gasteiger partial charge in [-0.3, -0.25) is 4.79 Å². The molecule has 1 fully saturated rings. The number of ketones is 1. The number of alkyl halides is 3. The van der Waals surface area contributed by atoms with Gasteiger partial charge in [0.05, 0.1) is 18.8 Å². The van der Waals surface area contributed by atoms with Crippen molar-refractivity contribution in [3.05, 3.63) is 11.3 Å². The Labute approximate surface area is 121 Å². The molecule has 0 spiro atoms. The second kappa shape index (κ2) is 6.44. The van der Waals surface area contributed by atoms with Crippen LogP contribution in [0, 0.1) is 0 Å². The van der Waals surface area contributed by atoms with Gasteiger partial charge in [0.1, 0.15) is 18.8 Å². The normalized spacial score (nSPS) is 21.4. The maximum atomic E-state index is 11.7. The van der Waals surface area contributed by atoms with Gasteiger partial charge in [-0.25, -0.2) is 0 Å². The van der Waals surface area contributed by atoms with Gasteiger partial charge in [0.25, 0.3) is 0 Å². The molecule has 1 aliphatic rings. The van der Waals surface area contributed by atoms with Gasteiger partial charge in [-0.05, 0) is 13.8 Å². The first-order chi connectivity index (χ1) is 8.25. The van der Waals surface area contributed by atoms with E-state index in [1.165, 1.54) is 13.8 Å². The molecule has 1 heterocycles. The van der Waals surface area contributed by atoms with Crippen LogP contribution in [0.3, 0.4) is 0 Å². The molecule has 0 bridgehead atoms. The number of ether oxygens (including phenoxy) is 1. The van der Waals surface area contributed by atoms with Crippen LogP contribution in [0.2, 0.25) is 0 Å². The Balaban J connectivity index is 3.12. The van der Waals surface area contributed by atoms with E-state index in [1.807, 2.05) is 0 Å². The van der Waals surface area contributed by atoms with Crippen LogP contribution in [0.25, 0.3) is 0 Å². The van der Waals surface area contributed by atoms with Crippen LogP contribution in [0.4, 0.5) is 0 Å². The number of rotatable bonds is 3. The fraction of sp³-hybridized carbons (Fsp3) is 0.727. The Kier molecular flexibility index (Phi) is 5.74. The van der Waals surface area contributed by atoms with Gasteiger partial charge in [-0.15, -0.1) is 0 Å². The minimum atomic E-state index is -1.66. The maximum absolute atomic E-state index is 11.7. The Morgan fingerprint density at radius 1 is 1.28 bits per heavy atom. The van der Waals surface area contributed by atoms with E-state index in [0.717, 1.165) is 4.90 Å². The van der Waals surface area contributed by atoms with E-state index in [4.69, 9.17) is 39.5 Å². The highest BCUT2D eigenvalue weighted by Gasteiger charge is 2.46. The number of quaternary nitrogens is 1. The molecule has 7 heteroatoms. The molecular weight excluding hydrogens is 300 g/mol. The molecule has 1 saturated heterocycles. The van der Waals surface area contributed by atoms with Crippen LogP contribution < -0.4 is 4.90 Å². The van der Waals surface area contributed by atoms with Crippen LogP contribution in [0.15, 0.2) is 11.3 Å². The van der Waals surface area contributed by atoms with Gasteiger partial charge in [-0.2, -0.15) is 0 Å². The molecule has 1 rings (SSSR count). The Bertz CT molecular complexity index is 342. The van der Waals surface area contributed by atoms with Crippen LogP contribution in [0.1, 0.15) is 13.8 Å². The lowest BCUT2D eigenvalue weighted by Gasteiger charge is -2.35. The molecule has 0 radical (unpaired) electrons. The van der Waals surface area contributed by atoms with E-state index in [1.54, 1.807) is 0 Å². The topological polar surface area (TPSA) is 51.0 Å². The van der Waals surface area contributed by atoms with Crippen LogP contribution in [-0.4, -0.2) is 47.0 Å². The van der Waals surface area contributed by atoms with Crippen molar-refractivity contribution in [1.29, 1.82) is 0 Å². The first kappa shape index (κ1) is 16.1. The monoisotopic (exact) mass is 316 g/mol. The third-order valence-corrected chi connectivity index (χ3v) is 3.58. The zero-order chi connectivity index (χ0) is 13.9. The van der Waals surface area contributed by atoms with Crippen molar-refractivity contribution in [1.82, 2.24) is 0 Å². The summed E-state index contributed by atoms with van der Waals surface area (Å²) in [4.78, 5) is 12.6. The molecule has 1 aliphatic heterocycles. The van der Waals surface area contributed by atoms with E-state index in [0.29, 0.717) is 26.3 Å². The Morgan fingerprint density at radius 2 is 1.78 bits per heavy atom. The molecule has 1 atom stereocenters. The van der Waals surface area contributed by atoms with Gasteiger partial charge >= 0.3 is 0 Å². The number of carbonyl (C=O) groups excluding carboxylic acids is 1. The van der Waals surface area contributed by atoms with Crippen molar-refractivity contribution in [2.45, 2.75) is 23.7 Å². The van der Waals surface area contributed by atoms with E-state index in [9.17, 15) is 9.90 Å². The lowest BCUT2D eigenvalue weighted by atomic mass is 10.0. The van der Waals surface area contributed by atoms with Gasteiger partial charge in [0.2, 0.25) is 3.79 Å². The first-order valence-electron chi connectivity index (χ1n) is 5.65. The maximum Gasteiger partial charge on any atom is 0.246 e. The van der Waals surface area contributed by atoms with Gasteiger partial charge in [-0.1, -0.05) is 34.8 Å². The molecule has 0 aromatic carbocycles. The number of allylic oxidation sites excluding steroid dienone is 1. The number of carbonyl (C=O) groups is 1. The van der Waals surface area contributed by atoms with E-state index < -0.39 is 9.83 Å². The number of aliphatic hydroxyl groups excluding tert-OH is 1. The summed E-state index contributed by atoms with van der Waals surface area (Å²) in [7, 11) is 0. The summed E-state index contributed by atoms with van der Waals surface area (Å²) in [5.74, 6) is -0.386. The molecule has 18 heavy (non-hydrogen) atoms. The SMILES string of the molecule is CC(=O)/C(=C(\C)O)[C@@H]([NH+]1CCOCC1)C(Cl)(Cl)Cl. The number of morpholine rings is 1. The lowest BCUT2D eigenvalue weighted by molar-refractivity contribution is -0.926. The number of hydrogen-bond donors (Lipinski definition) is 2. The number of hydrogen-bond acceptors (Lipinski definition) is 3. The standard InChI is InChI=1S/C11H16Cl3NO3/c1-7(16)9(8(2)17)10(11(12,13)14)15-3-5-18-6-4-15/h10,16H,3-6H2,1-2H3/p+1/b9-7-/t10-/m1/s1. The van der Waals surface area contributed by atoms with E-state index >= 15 is 0 Å². The highest BCUT2D eigenvalue weighted by Crippen LogP contribution is 2.33. The zero-order valence-corrected chi connectivity index (χ0v) is 12.6. The minimum absolute atomic E-state index is 0.0992. The Hall–Kier alpha value is -0.000000000000000111. The third-order valence-electron chi connectivity index (χ3n) is 2.93. The fourth-order valence-electron chi connectivity index (χ4n) is 2.19. The van der Waals surface area contributed by atoms with Crippen LogP contribution in [0.5, 0.6) is 0 Å². The Morgan fingerprint density at radius 3 is 2.11 bits per heavy atom. The van der Waals surface area contributed by atoms with Crippen molar-refractivity contribution in [2.24, 2.45) is 0 Å². The average molecular weight is 318 g/mol. The number of aliphatic hydroxyl groups is 1. The molecule has 0 aliphatic carbocycles. The summed E-state index contributed by atoms with van der Waals surface area (Å²) in [6, 6.07) is -0.686.